The average Bonchev–Trinajstić information content (AvgIpc) is 3.02. The maximum atomic E-state index is 14.0. The lowest BCUT2D eigenvalue weighted by molar-refractivity contribution is -0.137. The van der Waals surface area contributed by atoms with E-state index in [9.17, 15) is 27.5 Å². The summed E-state index contributed by atoms with van der Waals surface area (Å²) in [6.07, 6.45) is 3.50. The zero-order valence-corrected chi connectivity index (χ0v) is 28.1. The molecular formula is C36H43FN2O6S. The number of aryl methyl sites for hydroxylation is 2. The van der Waals surface area contributed by atoms with Crippen LogP contribution in [0.3, 0.4) is 0 Å². The van der Waals surface area contributed by atoms with E-state index in [4.69, 9.17) is 4.74 Å². The number of carbonyl (C=O) groups excluding carboxylic acids is 1. The second-order valence-electron chi connectivity index (χ2n) is 13.1. The summed E-state index contributed by atoms with van der Waals surface area (Å²) in [6, 6.07) is 15.2. The van der Waals surface area contributed by atoms with E-state index >= 15 is 0 Å². The highest BCUT2D eigenvalue weighted by Gasteiger charge is 2.33. The average molecular weight is 651 g/mol. The minimum absolute atomic E-state index is 0.0363. The lowest BCUT2D eigenvalue weighted by Crippen LogP contribution is -2.33. The van der Waals surface area contributed by atoms with Crippen molar-refractivity contribution in [2.24, 2.45) is 5.92 Å². The Morgan fingerprint density at radius 2 is 1.83 bits per heavy atom. The minimum atomic E-state index is -3.85. The molecule has 1 aliphatic heterocycles. The van der Waals surface area contributed by atoms with E-state index in [1.165, 1.54) is 16.4 Å². The molecular weight excluding hydrogens is 607 g/mol. The molecule has 2 atom stereocenters. The molecule has 0 aromatic heterocycles. The molecule has 246 valence electrons. The number of amides is 1. The topological polar surface area (TPSA) is 113 Å². The van der Waals surface area contributed by atoms with Gasteiger partial charge in [0, 0.05) is 25.6 Å². The van der Waals surface area contributed by atoms with Gasteiger partial charge in [0.2, 0.25) is 10.0 Å². The molecule has 46 heavy (non-hydrogen) atoms. The van der Waals surface area contributed by atoms with Gasteiger partial charge < -0.3 is 15.2 Å². The molecule has 1 heterocycles. The molecule has 1 amide bonds. The number of hydrogen-bond acceptors (Lipinski definition) is 5. The van der Waals surface area contributed by atoms with Crippen LogP contribution in [0.2, 0.25) is 0 Å². The van der Waals surface area contributed by atoms with Gasteiger partial charge in [-0.2, -0.15) is 4.31 Å². The standard InChI is InChI=1S/C36H43FN2O6S/c1-23-16-28-18-26(8-7-15-38-35(42)45-36(4,5)6)10-14-33(28)46(43,44)39(21-23)22-29-19-27(11-9-24(29)2)32(20-34(40)41)31-13-12-30(37)17-25(31)3/h7-14,17-19,23,32H,15-16,20-22H2,1-6H3,(H,38,42)(H,40,41)/b8-7-. The van der Waals surface area contributed by atoms with Crippen molar-refractivity contribution in [3.05, 3.63) is 105 Å². The van der Waals surface area contributed by atoms with Gasteiger partial charge in [0.1, 0.15) is 11.4 Å². The quantitative estimate of drug-likeness (QED) is 0.259. The molecule has 4 rings (SSSR count). The van der Waals surface area contributed by atoms with Crippen LogP contribution in [0.25, 0.3) is 6.08 Å². The van der Waals surface area contributed by atoms with E-state index in [0.29, 0.717) is 24.1 Å². The summed E-state index contributed by atoms with van der Waals surface area (Å²) in [7, 11) is -3.85. The second kappa shape index (κ2) is 14.2. The van der Waals surface area contributed by atoms with Crippen molar-refractivity contribution in [1.29, 1.82) is 0 Å². The fourth-order valence-electron chi connectivity index (χ4n) is 5.82. The number of sulfonamides is 1. The van der Waals surface area contributed by atoms with E-state index in [-0.39, 0.29) is 36.1 Å². The second-order valence-corrected chi connectivity index (χ2v) is 15.0. The molecule has 10 heteroatoms. The molecule has 0 bridgehead atoms. The number of nitrogens with zero attached hydrogens (tertiary/aromatic N) is 1. The molecule has 0 saturated carbocycles. The van der Waals surface area contributed by atoms with Crippen LogP contribution in [-0.2, 0) is 32.5 Å². The Balaban J connectivity index is 1.59. The zero-order chi connectivity index (χ0) is 33.8. The third kappa shape index (κ3) is 8.82. The van der Waals surface area contributed by atoms with Gasteiger partial charge >= 0.3 is 12.1 Å². The highest BCUT2D eigenvalue weighted by Crippen LogP contribution is 2.34. The minimum Gasteiger partial charge on any atom is -0.481 e. The van der Waals surface area contributed by atoms with Crippen LogP contribution in [0.4, 0.5) is 9.18 Å². The number of fused-ring (bicyclic) bond motifs is 1. The summed E-state index contributed by atoms with van der Waals surface area (Å²) in [5.74, 6) is -1.86. The maximum Gasteiger partial charge on any atom is 0.407 e. The first-order chi connectivity index (χ1) is 21.5. The van der Waals surface area contributed by atoms with Crippen LogP contribution >= 0.6 is 0 Å². The number of carboxylic acid groups (broad SMARTS) is 1. The number of benzene rings is 3. The van der Waals surface area contributed by atoms with Crippen LogP contribution < -0.4 is 5.32 Å². The number of rotatable bonds is 9. The molecule has 0 spiro atoms. The predicted molar refractivity (Wildman–Crippen MR) is 177 cm³/mol. The number of nitrogens with one attached hydrogen (secondary N) is 1. The Labute approximate surface area is 271 Å². The number of ether oxygens (including phenoxy) is 1. The number of aliphatic carboxylic acids is 1. The van der Waals surface area contributed by atoms with Crippen LogP contribution in [0, 0.1) is 25.6 Å². The number of carbonyl (C=O) groups is 2. The van der Waals surface area contributed by atoms with Gasteiger partial charge in [-0.25, -0.2) is 17.6 Å². The molecule has 2 N–H and O–H groups in total. The molecule has 0 fully saturated rings. The van der Waals surface area contributed by atoms with Gasteiger partial charge in [0.15, 0.2) is 0 Å². The summed E-state index contributed by atoms with van der Waals surface area (Å²) in [4.78, 5) is 24.0. The molecule has 0 saturated heterocycles. The Morgan fingerprint density at radius 1 is 1.09 bits per heavy atom. The number of halogens is 1. The van der Waals surface area contributed by atoms with E-state index in [0.717, 1.165) is 27.8 Å². The molecule has 0 aliphatic carbocycles. The summed E-state index contributed by atoms with van der Waals surface area (Å²) in [5.41, 5.74) is 4.74. The highest BCUT2D eigenvalue weighted by atomic mass is 32.2. The third-order valence-electron chi connectivity index (χ3n) is 7.97. The van der Waals surface area contributed by atoms with E-state index in [1.54, 1.807) is 52.0 Å². The Bertz CT molecular complexity index is 1750. The van der Waals surface area contributed by atoms with Crippen LogP contribution in [0.1, 0.15) is 79.0 Å². The van der Waals surface area contributed by atoms with Crippen molar-refractivity contribution in [1.82, 2.24) is 9.62 Å². The van der Waals surface area contributed by atoms with Gasteiger partial charge in [0.05, 0.1) is 11.3 Å². The SMILES string of the molecule is Cc1ccc(C(CC(=O)O)c2ccc(F)cc2C)cc1CN1CC(C)Cc2cc(/C=C\CNC(=O)OC(C)(C)C)ccc2S1(=O)=O. The highest BCUT2D eigenvalue weighted by molar-refractivity contribution is 7.89. The van der Waals surface area contributed by atoms with Gasteiger partial charge in [-0.1, -0.05) is 55.5 Å². The van der Waals surface area contributed by atoms with Crippen molar-refractivity contribution in [2.75, 3.05) is 13.1 Å². The number of hydrogen-bond donors (Lipinski definition) is 2. The fraction of sp³-hybridized carbons (Fsp3) is 0.389. The first-order valence-corrected chi connectivity index (χ1v) is 16.8. The van der Waals surface area contributed by atoms with E-state index in [2.05, 4.69) is 5.32 Å². The molecule has 3 aromatic carbocycles. The zero-order valence-electron chi connectivity index (χ0n) is 27.3. The normalized spacial score (nSPS) is 17.2. The van der Waals surface area contributed by atoms with Crippen LogP contribution in [0.15, 0.2) is 65.6 Å². The summed E-state index contributed by atoms with van der Waals surface area (Å²) in [5, 5.41) is 12.4. The Hall–Kier alpha value is -4.02. The lowest BCUT2D eigenvalue weighted by Gasteiger charge is -2.25. The molecule has 3 aromatic rings. The van der Waals surface area contributed by atoms with Gasteiger partial charge in [-0.05, 0) is 104 Å². The smallest absolute Gasteiger partial charge is 0.407 e. The van der Waals surface area contributed by atoms with Gasteiger partial charge in [0.25, 0.3) is 0 Å². The van der Waals surface area contributed by atoms with Crippen molar-refractivity contribution in [2.45, 2.75) is 77.3 Å². The number of alkyl carbamates (subject to hydrolysis) is 1. The van der Waals surface area contributed by atoms with Crippen molar-refractivity contribution in [3.8, 4) is 0 Å². The summed E-state index contributed by atoms with van der Waals surface area (Å²) >= 11 is 0. The van der Waals surface area contributed by atoms with Gasteiger partial charge in [-0.15, -0.1) is 0 Å². The Kier molecular flexibility index (Phi) is 10.7. The van der Waals surface area contributed by atoms with E-state index < -0.39 is 33.6 Å². The first-order valence-electron chi connectivity index (χ1n) is 15.4. The van der Waals surface area contributed by atoms with Crippen molar-refractivity contribution < 1.29 is 32.2 Å². The van der Waals surface area contributed by atoms with Gasteiger partial charge in [-0.3, -0.25) is 4.79 Å². The molecule has 2 unspecified atom stereocenters. The first kappa shape index (κ1) is 34.8. The number of carboxylic acids is 1. The molecule has 0 radical (unpaired) electrons. The molecule has 1 aliphatic rings. The largest absolute Gasteiger partial charge is 0.481 e. The lowest BCUT2D eigenvalue weighted by atomic mass is 9.84. The third-order valence-corrected chi connectivity index (χ3v) is 9.88. The monoisotopic (exact) mass is 650 g/mol. The van der Waals surface area contributed by atoms with Crippen molar-refractivity contribution in [3.63, 3.8) is 0 Å². The molecule has 8 nitrogen and oxygen atoms in total. The Morgan fingerprint density at radius 3 is 2.50 bits per heavy atom. The van der Waals surface area contributed by atoms with Crippen LogP contribution in [0.5, 0.6) is 0 Å². The van der Waals surface area contributed by atoms with Crippen molar-refractivity contribution >= 4 is 28.2 Å². The predicted octanol–water partition coefficient (Wildman–Crippen LogP) is 6.97. The van der Waals surface area contributed by atoms with E-state index in [1.807, 2.05) is 44.2 Å². The maximum absolute atomic E-state index is 14.0. The summed E-state index contributed by atoms with van der Waals surface area (Å²) < 4.78 is 48.7. The fourth-order valence-corrected chi connectivity index (χ4v) is 7.57. The van der Waals surface area contributed by atoms with Crippen LogP contribution in [-0.4, -0.2) is 48.6 Å². The summed E-state index contributed by atoms with van der Waals surface area (Å²) in [6.45, 7) is 11.8.